The lowest BCUT2D eigenvalue weighted by atomic mass is 10.3. The van der Waals surface area contributed by atoms with Gasteiger partial charge in [-0.3, -0.25) is 4.98 Å². The number of nitrogens with two attached hydrogens (primary N) is 1. The Kier molecular flexibility index (Phi) is 4.69. The second kappa shape index (κ2) is 6.29. The molecule has 0 unspecified atom stereocenters. The third-order valence-electron chi connectivity index (χ3n) is 2.54. The lowest BCUT2D eigenvalue weighted by molar-refractivity contribution is 0.581. The zero-order chi connectivity index (χ0) is 14.6. The highest BCUT2D eigenvalue weighted by atomic mass is 79.9. The number of hydrogen-bond acceptors (Lipinski definition) is 5. The van der Waals surface area contributed by atoms with Gasteiger partial charge in [0.05, 0.1) is 0 Å². The molecule has 2 heterocycles. The van der Waals surface area contributed by atoms with Crippen LogP contribution in [0, 0.1) is 0 Å². The van der Waals surface area contributed by atoms with Gasteiger partial charge in [-0.05, 0) is 34.1 Å². The van der Waals surface area contributed by atoms with E-state index in [0.717, 1.165) is 5.69 Å². The Hall–Kier alpha value is -1.51. The maximum atomic E-state index is 12.1. The van der Waals surface area contributed by atoms with E-state index in [0.29, 0.717) is 10.9 Å². The van der Waals surface area contributed by atoms with E-state index in [9.17, 15) is 8.42 Å². The molecule has 0 spiro atoms. The summed E-state index contributed by atoms with van der Waals surface area (Å²) in [7, 11) is -3.68. The van der Waals surface area contributed by atoms with E-state index in [1.165, 1.54) is 12.3 Å². The van der Waals surface area contributed by atoms with Crippen molar-refractivity contribution >= 4 is 31.8 Å². The van der Waals surface area contributed by atoms with E-state index in [1.54, 1.807) is 6.20 Å². The fourth-order valence-corrected chi connectivity index (χ4v) is 3.20. The second-order valence-corrected chi connectivity index (χ2v) is 6.66. The molecule has 0 fully saturated rings. The number of sulfonamides is 1. The van der Waals surface area contributed by atoms with E-state index >= 15 is 0 Å². The van der Waals surface area contributed by atoms with Crippen LogP contribution in [0.1, 0.15) is 5.69 Å². The molecule has 3 N–H and O–H groups in total. The Bertz CT molecular complexity index is 692. The number of halogens is 1. The van der Waals surface area contributed by atoms with E-state index in [2.05, 4.69) is 30.6 Å². The van der Waals surface area contributed by atoms with Crippen molar-refractivity contribution in [3.63, 3.8) is 0 Å². The third kappa shape index (κ3) is 3.75. The summed E-state index contributed by atoms with van der Waals surface area (Å²) in [6, 6.07) is 6.92. The fraction of sp³-hybridized carbons (Fsp3) is 0.167. The molecule has 0 aliphatic heterocycles. The Labute approximate surface area is 125 Å². The number of nitrogen functional groups attached to an aromatic ring is 1. The summed E-state index contributed by atoms with van der Waals surface area (Å²) in [5.74, 6) is -0.0291. The van der Waals surface area contributed by atoms with Crippen LogP contribution in [0.3, 0.4) is 0 Å². The molecule has 6 nitrogen and oxygen atoms in total. The highest BCUT2D eigenvalue weighted by Gasteiger charge is 2.18. The van der Waals surface area contributed by atoms with Gasteiger partial charge < -0.3 is 5.73 Å². The molecular weight excluding hydrogens is 344 g/mol. The van der Waals surface area contributed by atoms with Crippen molar-refractivity contribution in [1.82, 2.24) is 14.7 Å². The van der Waals surface area contributed by atoms with Crippen molar-refractivity contribution in [2.45, 2.75) is 11.3 Å². The van der Waals surface area contributed by atoms with Gasteiger partial charge in [0, 0.05) is 35.5 Å². The van der Waals surface area contributed by atoms with Gasteiger partial charge in [0.1, 0.15) is 10.7 Å². The summed E-state index contributed by atoms with van der Waals surface area (Å²) in [5.41, 5.74) is 6.41. The van der Waals surface area contributed by atoms with Crippen LogP contribution >= 0.6 is 15.9 Å². The predicted molar refractivity (Wildman–Crippen MR) is 79.5 cm³/mol. The minimum atomic E-state index is -3.68. The Balaban J connectivity index is 2.06. The first-order valence-corrected chi connectivity index (χ1v) is 8.07. The average molecular weight is 357 g/mol. The zero-order valence-electron chi connectivity index (χ0n) is 10.5. The number of nitrogens with one attached hydrogen (secondary N) is 1. The quantitative estimate of drug-likeness (QED) is 0.842. The van der Waals surface area contributed by atoms with Gasteiger partial charge in [0.25, 0.3) is 0 Å². The van der Waals surface area contributed by atoms with Crippen molar-refractivity contribution in [2.24, 2.45) is 0 Å². The summed E-state index contributed by atoms with van der Waals surface area (Å²) in [5, 5.41) is 0. The van der Waals surface area contributed by atoms with Gasteiger partial charge in [-0.1, -0.05) is 6.07 Å². The fourth-order valence-electron chi connectivity index (χ4n) is 1.58. The number of hydrogen-bond donors (Lipinski definition) is 2. The Morgan fingerprint density at radius 1 is 1.30 bits per heavy atom. The van der Waals surface area contributed by atoms with E-state index in [4.69, 9.17) is 5.73 Å². The molecule has 0 amide bonds. The van der Waals surface area contributed by atoms with Crippen LogP contribution in [0.4, 0.5) is 5.82 Å². The van der Waals surface area contributed by atoms with Gasteiger partial charge in [0.2, 0.25) is 10.0 Å². The Morgan fingerprint density at radius 3 is 2.80 bits per heavy atom. The largest absolute Gasteiger partial charge is 0.383 e. The molecule has 0 bridgehead atoms. The normalized spacial score (nSPS) is 11.4. The molecule has 106 valence electrons. The maximum Gasteiger partial charge on any atom is 0.244 e. The highest BCUT2D eigenvalue weighted by molar-refractivity contribution is 9.10. The highest BCUT2D eigenvalue weighted by Crippen LogP contribution is 2.20. The number of pyridine rings is 2. The SMILES string of the molecule is Nc1ncc(Br)cc1S(=O)(=O)NCCc1ccccn1. The van der Waals surface area contributed by atoms with E-state index < -0.39 is 10.0 Å². The Morgan fingerprint density at radius 2 is 2.10 bits per heavy atom. The molecule has 0 aliphatic rings. The van der Waals surface area contributed by atoms with Gasteiger partial charge in [0.15, 0.2) is 0 Å². The van der Waals surface area contributed by atoms with Crippen molar-refractivity contribution in [1.29, 1.82) is 0 Å². The van der Waals surface area contributed by atoms with Crippen LogP contribution in [0.15, 0.2) is 46.0 Å². The minimum absolute atomic E-state index is 0.0291. The number of nitrogens with zero attached hydrogens (tertiary/aromatic N) is 2. The topological polar surface area (TPSA) is 98.0 Å². The molecule has 0 saturated carbocycles. The summed E-state index contributed by atoms with van der Waals surface area (Å²) in [4.78, 5) is 7.90. The molecule has 0 atom stereocenters. The third-order valence-corrected chi connectivity index (χ3v) is 4.46. The first-order valence-electron chi connectivity index (χ1n) is 5.79. The average Bonchev–Trinajstić information content (AvgIpc) is 2.42. The van der Waals surface area contributed by atoms with Crippen molar-refractivity contribution in [3.05, 3.63) is 46.8 Å². The molecule has 2 aromatic heterocycles. The molecule has 0 radical (unpaired) electrons. The molecule has 0 saturated heterocycles. The predicted octanol–water partition coefficient (Wildman–Crippen LogP) is 1.34. The second-order valence-electron chi connectivity index (χ2n) is 4.01. The summed E-state index contributed by atoms with van der Waals surface area (Å²) in [6.45, 7) is 0.241. The first-order chi connectivity index (χ1) is 9.49. The van der Waals surface area contributed by atoms with E-state index in [1.807, 2.05) is 18.2 Å². The van der Waals surface area contributed by atoms with Crippen molar-refractivity contribution in [2.75, 3.05) is 12.3 Å². The molecule has 8 heteroatoms. The zero-order valence-corrected chi connectivity index (χ0v) is 12.9. The summed E-state index contributed by atoms with van der Waals surface area (Å²) >= 11 is 3.17. The van der Waals surface area contributed by atoms with Gasteiger partial charge in [-0.15, -0.1) is 0 Å². The number of rotatable bonds is 5. The van der Waals surface area contributed by atoms with Crippen molar-refractivity contribution < 1.29 is 8.42 Å². The smallest absolute Gasteiger partial charge is 0.244 e. The monoisotopic (exact) mass is 356 g/mol. The molecule has 2 rings (SSSR count). The lowest BCUT2D eigenvalue weighted by Gasteiger charge is -2.08. The maximum absolute atomic E-state index is 12.1. The molecule has 0 aromatic carbocycles. The van der Waals surface area contributed by atoms with Gasteiger partial charge >= 0.3 is 0 Å². The molecule has 2 aromatic rings. The van der Waals surface area contributed by atoms with E-state index in [-0.39, 0.29) is 17.3 Å². The summed E-state index contributed by atoms with van der Waals surface area (Å²) in [6.07, 6.45) is 3.61. The molecule has 20 heavy (non-hydrogen) atoms. The standard InChI is InChI=1S/C12H13BrN4O2S/c13-9-7-11(12(14)16-8-9)20(18,19)17-6-4-10-3-1-2-5-15-10/h1-3,5,7-8,17H,4,6H2,(H2,14,16). The van der Waals surface area contributed by atoms with Gasteiger partial charge in [-0.25, -0.2) is 18.1 Å². The lowest BCUT2D eigenvalue weighted by Crippen LogP contribution is -2.27. The molecular formula is C12H13BrN4O2S. The van der Waals surface area contributed by atoms with Crippen LogP contribution in [0.5, 0.6) is 0 Å². The number of aromatic nitrogens is 2. The van der Waals surface area contributed by atoms with Crippen molar-refractivity contribution in [3.8, 4) is 0 Å². The summed E-state index contributed by atoms with van der Waals surface area (Å²) < 4.78 is 27.3. The van der Waals surface area contributed by atoms with Crippen LogP contribution in [0.25, 0.3) is 0 Å². The van der Waals surface area contributed by atoms with Crippen LogP contribution in [-0.4, -0.2) is 24.9 Å². The molecule has 0 aliphatic carbocycles. The minimum Gasteiger partial charge on any atom is -0.383 e. The van der Waals surface area contributed by atoms with Crippen LogP contribution < -0.4 is 10.5 Å². The van der Waals surface area contributed by atoms with Gasteiger partial charge in [-0.2, -0.15) is 0 Å². The first kappa shape index (κ1) is 14.9. The number of anilines is 1. The van der Waals surface area contributed by atoms with Crippen LogP contribution in [0.2, 0.25) is 0 Å². The van der Waals surface area contributed by atoms with Crippen LogP contribution in [-0.2, 0) is 16.4 Å².